The van der Waals surface area contributed by atoms with Crippen molar-refractivity contribution < 1.29 is 19.8 Å². The molecule has 0 aromatic rings. The van der Waals surface area contributed by atoms with E-state index in [9.17, 15) is 14.7 Å². The first-order valence-electron chi connectivity index (χ1n) is 3.54. The molecule has 0 aromatic carbocycles. The summed E-state index contributed by atoms with van der Waals surface area (Å²) in [4.78, 5) is 21.2. The van der Waals surface area contributed by atoms with Gasteiger partial charge in [0.15, 0.2) is 0 Å². The highest BCUT2D eigenvalue weighted by atomic mass is 16.4. The van der Waals surface area contributed by atoms with Gasteiger partial charge in [0.05, 0.1) is 6.54 Å². The average Bonchev–Trinajstić information content (AvgIpc) is 2.04. The van der Waals surface area contributed by atoms with Gasteiger partial charge in [-0.05, 0) is 0 Å². The van der Waals surface area contributed by atoms with Crippen molar-refractivity contribution in [1.29, 1.82) is 0 Å². The molecule has 1 atom stereocenters. The molecule has 6 heteroatoms. The van der Waals surface area contributed by atoms with E-state index in [1.54, 1.807) is 0 Å². The molecule has 1 unspecified atom stereocenters. The molecule has 74 valence electrons. The number of aliphatic hydroxyl groups is 1. The Morgan fingerprint density at radius 1 is 1.62 bits per heavy atom. The van der Waals surface area contributed by atoms with E-state index in [0.717, 1.165) is 0 Å². The summed E-state index contributed by atoms with van der Waals surface area (Å²) in [5.74, 6) is -2.29. The molecule has 0 saturated heterocycles. The summed E-state index contributed by atoms with van der Waals surface area (Å²) in [5, 5.41) is 19.8. The van der Waals surface area contributed by atoms with Gasteiger partial charge in [0.2, 0.25) is 11.6 Å². The van der Waals surface area contributed by atoms with E-state index in [1.807, 2.05) is 5.32 Å². The fraction of sp³-hybridized carbons (Fsp3) is 0.429. The monoisotopic (exact) mass is 188 g/mol. The second kappa shape index (κ2) is 4.58. The highest BCUT2D eigenvalue weighted by Gasteiger charge is 2.35. The number of carbonyl (C=O) groups excluding carboxylic acids is 1. The number of aliphatic carboxylic acids is 1. The van der Waals surface area contributed by atoms with E-state index in [-0.39, 0.29) is 13.0 Å². The maximum Gasteiger partial charge on any atom is 0.357 e. The fourth-order valence-electron chi connectivity index (χ4n) is 0.682. The molecule has 0 aliphatic heterocycles. The van der Waals surface area contributed by atoms with Crippen LogP contribution in [0.15, 0.2) is 12.7 Å². The third-order valence-corrected chi connectivity index (χ3v) is 1.33. The van der Waals surface area contributed by atoms with Crippen molar-refractivity contribution in [3.8, 4) is 0 Å². The predicted octanol–water partition coefficient (Wildman–Crippen LogP) is -1.59. The standard InChI is InChI=1S/C7H12N2O4/c1-2-3-7(13,6(11)12)9-5(10)4-8/h2,13H,1,3-4,8H2,(H,9,10)(H,11,12). The van der Waals surface area contributed by atoms with Crippen LogP contribution in [0.1, 0.15) is 6.42 Å². The summed E-state index contributed by atoms with van der Waals surface area (Å²) < 4.78 is 0. The van der Waals surface area contributed by atoms with E-state index >= 15 is 0 Å². The van der Waals surface area contributed by atoms with E-state index in [1.165, 1.54) is 6.08 Å². The van der Waals surface area contributed by atoms with Gasteiger partial charge in [0, 0.05) is 6.42 Å². The molecule has 0 aliphatic rings. The lowest BCUT2D eigenvalue weighted by Gasteiger charge is -2.22. The molecule has 0 fully saturated rings. The molecular formula is C7H12N2O4. The van der Waals surface area contributed by atoms with Crippen molar-refractivity contribution in [3.63, 3.8) is 0 Å². The van der Waals surface area contributed by atoms with E-state index in [0.29, 0.717) is 0 Å². The van der Waals surface area contributed by atoms with Gasteiger partial charge in [-0.3, -0.25) is 4.79 Å². The van der Waals surface area contributed by atoms with Crippen LogP contribution in [0.2, 0.25) is 0 Å². The maximum absolute atomic E-state index is 10.7. The number of hydrogen-bond donors (Lipinski definition) is 4. The molecule has 0 radical (unpaired) electrons. The van der Waals surface area contributed by atoms with Gasteiger partial charge >= 0.3 is 5.97 Å². The molecular weight excluding hydrogens is 176 g/mol. The fourth-order valence-corrected chi connectivity index (χ4v) is 0.682. The first-order valence-corrected chi connectivity index (χ1v) is 3.54. The second-order valence-corrected chi connectivity index (χ2v) is 2.41. The van der Waals surface area contributed by atoms with Crippen LogP contribution >= 0.6 is 0 Å². The number of amides is 1. The van der Waals surface area contributed by atoms with Gasteiger partial charge in [-0.15, -0.1) is 6.58 Å². The summed E-state index contributed by atoms with van der Waals surface area (Å²) in [6.45, 7) is 2.87. The normalized spacial score (nSPS) is 14.3. The molecule has 6 nitrogen and oxygen atoms in total. The zero-order valence-electron chi connectivity index (χ0n) is 6.99. The molecule has 0 rings (SSSR count). The van der Waals surface area contributed by atoms with Crippen LogP contribution in [0, 0.1) is 0 Å². The van der Waals surface area contributed by atoms with Crippen LogP contribution in [0.5, 0.6) is 0 Å². The summed E-state index contributed by atoms with van der Waals surface area (Å²) in [7, 11) is 0. The van der Waals surface area contributed by atoms with Gasteiger partial charge in [-0.2, -0.15) is 0 Å². The van der Waals surface area contributed by atoms with Crippen molar-refractivity contribution in [1.82, 2.24) is 5.32 Å². The average molecular weight is 188 g/mol. The van der Waals surface area contributed by atoms with Crippen LogP contribution in [-0.2, 0) is 9.59 Å². The largest absolute Gasteiger partial charge is 0.478 e. The number of carboxylic acid groups (broad SMARTS) is 1. The molecule has 0 aliphatic carbocycles. The Morgan fingerprint density at radius 3 is 2.46 bits per heavy atom. The van der Waals surface area contributed by atoms with Crippen LogP contribution in [0.25, 0.3) is 0 Å². The highest BCUT2D eigenvalue weighted by molar-refractivity contribution is 5.86. The summed E-state index contributed by atoms with van der Waals surface area (Å²) in [6, 6.07) is 0. The van der Waals surface area contributed by atoms with Gasteiger partial charge in [-0.1, -0.05) is 6.08 Å². The molecule has 0 bridgehead atoms. The smallest absolute Gasteiger partial charge is 0.357 e. The minimum absolute atomic E-state index is 0.284. The Balaban J connectivity index is 4.49. The van der Waals surface area contributed by atoms with Gasteiger partial charge in [0.25, 0.3) is 0 Å². The number of nitrogens with one attached hydrogen (secondary N) is 1. The number of carbonyl (C=O) groups is 2. The van der Waals surface area contributed by atoms with Crippen molar-refractivity contribution in [3.05, 3.63) is 12.7 Å². The van der Waals surface area contributed by atoms with Gasteiger partial charge in [0.1, 0.15) is 0 Å². The summed E-state index contributed by atoms with van der Waals surface area (Å²) >= 11 is 0. The lowest BCUT2D eigenvalue weighted by molar-refractivity contribution is -0.164. The van der Waals surface area contributed by atoms with Crippen molar-refractivity contribution in [2.24, 2.45) is 5.73 Å². The van der Waals surface area contributed by atoms with Crippen LogP contribution in [0.3, 0.4) is 0 Å². The van der Waals surface area contributed by atoms with Gasteiger partial charge < -0.3 is 21.3 Å². The SMILES string of the molecule is C=CCC(O)(NC(=O)CN)C(=O)O. The Bertz CT molecular complexity index is 229. The third-order valence-electron chi connectivity index (χ3n) is 1.33. The molecule has 0 saturated carbocycles. The molecule has 13 heavy (non-hydrogen) atoms. The molecule has 0 heterocycles. The predicted molar refractivity (Wildman–Crippen MR) is 44.6 cm³/mol. The lowest BCUT2D eigenvalue weighted by Crippen LogP contribution is -2.55. The Labute approximate surface area is 75.0 Å². The summed E-state index contributed by atoms with van der Waals surface area (Å²) in [5.41, 5.74) is 2.63. The molecule has 1 amide bonds. The Kier molecular flexibility index (Phi) is 4.09. The molecule has 5 N–H and O–H groups in total. The number of rotatable bonds is 5. The van der Waals surface area contributed by atoms with Crippen LogP contribution in [-0.4, -0.2) is 34.4 Å². The van der Waals surface area contributed by atoms with Crippen LogP contribution < -0.4 is 11.1 Å². The quantitative estimate of drug-likeness (QED) is 0.307. The Hall–Kier alpha value is -1.40. The topological polar surface area (TPSA) is 113 Å². The first-order chi connectivity index (χ1) is 5.96. The molecule has 0 aromatic heterocycles. The van der Waals surface area contributed by atoms with Crippen molar-refractivity contribution in [2.45, 2.75) is 12.1 Å². The first kappa shape index (κ1) is 11.6. The highest BCUT2D eigenvalue weighted by Crippen LogP contribution is 2.06. The Morgan fingerprint density at radius 2 is 2.15 bits per heavy atom. The number of hydrogen-bond acceptors (Lipinski definition) is 4. The zero-order chi connectivity index (χ0) is 10.5. The maximum atomic E-state index is 10.7. The van der Waals surface area contributed by atoms with Crippen molar-refractivity contribution in [2.75, 3.05) is 6.54 Å². The van der Waals surface area contributed by atoms with Crippen molar-refractivity contribution >= 4 is 11.9 Å². The minimum Gasteiger partial charge on any atom is -0.478 e. The van der Waals surface area contributed by atoms with Crippen LogP contribution in [0.4, 0.5) is 0 Å². The number of carboxylic acids is 1. The lowest BCUT2D eigenvalue weighted by atomic mass is 10.1. The third kappa shape index (κ3) is 3.22. The zero-order valence-corrected chi connectivity index (χ0v) is 6.99. The van der Waals surface area contributed by atoms with E-state index < -0.39 is 17.6 Å². The second-order valence-electron chi connectivity index (χ2n) is 2.41. The number of nitrogens with two attached hydrogens (primary N) is 1. The van der Waals surface area contributed by atoms with E-state index in [4.69, 9.17) is 10.8 Å². The summed E-state index contributed by atoms with van der Waals surface area (Å²) in [6.07, 6.45) is 0.902. The molecule has 0 spiro atoms. The minimum atomic E-state index is -2.31. The van der Waals surface area contributed by atoms with E-state index in [2.05, 4.69) is 6.58 Å². The van der Waals surface area contributed by atoms with Gasteiger partial charge in [-0.25, -0.2) is 4.79 Å².